The molecule has 0 aliphatic carbocycles. The van der Waals surface area contributed by atoms with Crippen molar-refractivity contribution in [1.82, 2.24) is 14.3 Å². The summed E-state index contributed by atoms with van der Waals surface area (Å²) in [6.07, 6.45) is 2.09. The lowest BCUT2D eigenvalue weighted by atomic mass is 10.0. The molecule has 3 aromatic rings. The average Bonchev–Trinajstić information content (AvgIpc) is 3.02. The van der Waals surface area contributed by atoms with Crippen LogP contribution in [-0.4, -0.2) is 40.6 Å². The maximum absolute atomic E-state index is 5.46. The molecule has 2 aromatic heterocycles. The van der Waals surface area contributed by atoms with Crippen molar-refractivity contribution < 1.29 is 4.74 Å². The molecule has 0 amide bonds. The highest BCUT2D eigenvalue weighted by Gasteiger charge is 2.18. The van der Waals surface area contributed by atoms with Crippen molar-refractivity contribution >= 4 is 5.65 Å². The van der Waals surface area contributed by atoms with Crippen molar-refractivity contribution in [3.63, 3.8) is 0 Å². The third-order valence-electron chi connectivity index (χ3n) is 4.89. The number of aryl methyl sites for hydroxylation is 1. The van der Waals surface area contributed by atoms with Crippen LogP contribution in [0.5, 0.6) is 0 Å². The predicted octanol–water partition coefficient (Wildman–Crippen LogP) is 3.70. The maximum atomic E-state index is 5.46. The third kappa shape index (κ3) is 2.83. The number of fused-ring (bicyclic) bond motifs is 1. The smallest absolute Gasteiger partial charge is 0.137 e. The van der Waals surface area contributed by atoms with E-state index in [1.165, 1.54) is 16.8 Å². The number of pyridine rings is 1. The highest BCUT2D eigenvalue weighted by atomic mass is 16.5. The Hall–Kier alpha value is -2.17. The van der Waals surface area contributed by atoms with Crippen LogP contribution in [0.2, 0.25) is 0 Å². The summed E-state index contributed by atoms with van der Waals surface area (Å²) in [6, 6.07) is 15.6. The van der Waals surface area contributed by atoms with E-state index in [4.69, 9.17) is 4.74 Å². The number of nitrogens with zero attached hydrogens (tertiary/aromatic N) is 3. The summed E-state index contributed by atoms with van der Waals surface area (Å²) in [5.74, 6) is 0. The molecule has 124 valence electrons. The standard InChI is InChI=1S/C20H23N3O/c1-15-14-23-19(4-3-5-20(23)21-15)18-8-6-17(7-9-18)16(2)22-10-12-24-13-11-22/h3-9,14,16H,10-13H2,1-2H3/t16-/m0/s1. The van der Waals surface area contributed by atoms with E-state index < -0.39 is 0 Å². The number of imidazole rings is 1. The van der Waals surface area contributed by atoms with Gasteiger partial charge in [-0.2, -0.15) is 0 Å². The Morgan fingerprint density at radius 1 is 1.04 bits per heavy atom. The summed E-state index contributed by atoms with van der Waals surface area (Å²) in [5.41, 5.74) is 5.79. The quantitative estimate of drug-likeness (QED) is 0.737. The van der Waals surface area contributed by atoms with Gasteiger partial charge in [0.1, 0.15) is 5.65 Å². The lowest BCUT2D eigenvalue weighted by molar-refractivity contribution is 0.0198. The molecule has 3 heterocycles. The zero-order valence-corrected chi connectivity index (χ0v) is 14.3. The van der Waals surface area contributed by atoms with E-state index in [0.29, 0.717) is 6.04 Å². The Bertz CT molecular complexity index is 832. The number of ether oxygens (including phenoxy) is 1. The molecule has 0 unspecified atom stereocenters. The first kappa shape index (κ1) is 15.4. The van der Waals surface area contributed by atoms with E-state index in [1.807, 2.05) is 13.0 Å². The Kier molecular flexibility index (Phi) is 4.08. The van der Waals surface area contributed by atoms with Gasteiger partial charge in [0.2, 0.25) is 0 Å². The van der Waals surface area contributed by atoms with E-state index in [1.54, 1.807) is 0 Å². The van der Waals surface area contributed by atoms with E-state index in [2.05, 4.69) is 63.8 Å². The minimum atomic E-state index is 0.425. The molecule has 0 spiro atoms. The van der Waals surface area contributed by atoms with Gasteiger partial charge < -0.3 is 4.74 Å². The Labute approximate surface area is 142 Å². The molecule has 0 N–H and O–H groups in total. The van der Waals surface area contributed by atoms with Gasteiger partial charge in [0.05, 0.1) is 24.6 Å². The second-order valence-electron chi connectivity index (χ2n) is 6.47. The molecule has 1 saturated heterocycles. The van der Waals surface area contributed by atoms with Crippen molar-refractivity contribution in [2.45, 2.75) is 19.9 Å². The van der Waals surface area contributed by atoms with Crippen LogP contribution in [0, 0.1) is 6.92 Å². The van der Waals surface area contributed by atoms with E-state index >= 15 is 0 Å². The van der Waals surface area contributed by atoms with Crippen LogP contribution in [0.15, 0.2) is 48.7 Å². The Balaban J connectivity index is 1.63. The monoisotopic (exact) mass is 321 g/mol. The largest absolute Gasteiger partial charge is 0.379 e. The third-order valence-corrected chi connectivity index (χ3v) is 4.89. The molecular weight excluding hydrogens is 298 g/mol. The van der Waals surface area contributed by atoms with Crippen LogP contribution in [0.3, 0.4) is 0 Å². The highest BCUT2D eigenvalue weighted by Crippen LogP contribution is 2.26. The lowest BCUT2D eigenvalue weighted by Crippen LogP contribution is -2.37. The van der Waals surface area contributed by atoms with Crippen molar-refractivity contribution in [1.29, 1.82) is 0 Å². The fourth-order valence-electron chi connectivity index (χ4n) is 3.48. The second-order valence-corrected chi connectivity index (χ2v) is 6.47. The summed E-state index contributed by atoms with van der Waals surface area (Å²) < 4.78 is 7.62. The van der Waals surface area contributed by atoms with Crippen molar-refractivity contribution in [3.8, 4) is 11.3 Å². The number of aromatic nitrogens is 2. The molecule has 1 aliphatic heterocycles. The molecule has 1 aliphatic rings. The molecule has 4 heteroatoms. The van der Waals surface area contributed by atoms with Crippen molar-refractivity contribution in [2.24, 2.45) is 0 Å². The van der Waals surface area contributed by atoms with E-state index in [-0.39, 0.29) is 0 Å². The molecule has 1 atom stereocenters. The van der Waals surface area contributed by atoms with Crippen LogP contribution < -0.4 is 0 Å². The van der Waals surface area contributed by atoms with E-state index in [9.17, 15) is 0 Å². The van der Waals surface area contributed by atoms with Gasteiger partial charge >= 0.3 is 0 Å². The molecule has 1 fully saturated rings. The number of benzene rings is 1. The Morgan fingerprint density at radius 2 is 1.79 bits per heavy atom. The first-order chi connectivity index (χ1) is 11.7. The number of hydrogen-bond acceptors (Lipinski definition) is 3. The zero-order chi connectivity index (χ0) is 16.5. The molecule has 24 heavy (non-hydrogen) atoms. The van der Waals surface area contributed by atoms with Crippen LogP contribution in [0.25, 0.3) is 16.9 Å². The molecule has 1 aromatic carbocycles. The zero-order valence-electron chi connectivity index (χ0n) is 14.3. The topological polar surface area (TPSA) is 29.8 Å². The van der Waals surface area contributed by atoms with Gasteiger partial charge in [-0.25, -0.2) is 4.98 Å². The number of hydrogen-bond donors (Lipinski definition) is 0. The summed E-state index contributed by atoms with van der Waals surface area (Å²) in [5, 5.41) is 0. The SMILES string of the molecule is Cc1cn2c(-c3ccc([C@H](C)N4CCOCC4)cc3)cccc2n1. The average molecular weight is 321 g/mol. The molecule has 0 saturated carbocycles. The van der Waals surface area contributed by atoms with Gasteiger partial charge in [-0.1, -0.05) is 30.3 Å². The fourth-order valence-corrected chi connectivity index (χ4v) is 3.48. The van der Waals surface area contributed by atoms with Crippen LogP contribution in [0.4, 0.5) is 0 Å². The number of rotatable bonds is 3. The lowest BCUT2D eigenvalue weighted by Gasteiger charge is -2.32. The van der Waals surface area contributed by atoms with Gasteiger partial charge in [-0.3, -0.25) is 9.30 Å². The Morgan fingerprint density at radius 3 is 2.54 bits per heavy atom. The van der Waals surface area contributed by atoms with Crippen LogP contribution >= 0.6 is 0 Å². The molecule has 4 nitrogen and oxygen atoms in total. The fraction of sp³-hybridized carbons (Fsp3) is 0.350. The summed E-state index contributed by atoms with van der Waals surface area (Å²) in [7, 11) is 0. The number of morpholine rings is 1. The maximum Gasteiger partial charge on any atom is 0.137 e. The second kappa shape index (κ2) is 6.38. The summed E-state index contributed by atoms with van der Waals surface area (Å²) >= 11 is 0. The molecular formula is C20H23N3O. The predicted molar refractivity (Wildman–Crippen MR) is 96.2 cm³/mol. The summed E-state index contributed by atoms with van der Waals surface area (Å²) in [6.45, 7) is 8.01. The molecule has 0 radical (unpaired) electrons. The normalized spacial score (nSPS) is 17.2. The van der Waals surface area contributed by atoms with E-state index in [0.717, 1.165) is 37.6 Å². The summed E-state index contributed by atoms with van der Waals surface area (Å²) in [4.78, 5) is 7.04. The van der Waals surface area contributed by atoms with Gasteiger partial charge in [-0.05, 0) is 37.1 Å². The minimum absolute atomic E-state index is 0.425. The van der Waals surface area contributed by atoms with Crippen molar-refractivity contribution in [2.75, 3.05) is 26.3 Å². The molecule has 4 rings (SSSR count). The minimum Gasteiger partial charge on any atom is -0.379 e. The van der Waals surface area contributed by atoms with Crippen LogP contribution in [-0.2, 0) is 4.74 Å². The molecule has 0 bridgehead atoms. The van der Waals surface area contributed by atoms with Gasteiger partial charge in [0, 0.05) is 25.3 Å². The first-order valence-corrected chi connectivity index (χ1v) is 8.59. The van der Waals surface area contributed by atoms with Gasteiger partial charge in [0.15, 0.2) is 0 Å². The first-order valence-electron chi connectivity index (χ1n) is 8.59. The van der Waals surface area contributed by atoms with Crippen LogP contribution in [0.1, 0.15) is 24.2 Å². The highest BCUT2D eigenvalue weighted by molar-refractivity contribution is 5.64. The van der Waals surface area contributed by atoms with Crippen molar-refractivity contribution in [3.05, 3.63) is 59.9 Å². The van der Waals surface area contributed by atoms with Gasteiger partial charge in [-0.15, -0.1) is 0 Å². The van der Waals surface area contributed by atoms with Gasteiger partial charge in [0.25, 0.3) is 0 Å².